The average Bonchev–Trinajstić information content (AvgIpc) is 2.03. The van der Waals surface area contributed by atoms with Gasteiger partial charge in [0, 0.05) is 10.6 Å². The molecule has 0 radical (unpaired) electrons. The Balaban J connectivity index is 3.18. The summed E-state index contributed by atoms with van der Waals surface area (Å²) in [6.07, 6.45) is 0. The van der Waals surface area contributed by atoms with Gasteiger partial charge in [-0.05, 0) is 31.5 Å². The molecule has 1 rings (SSSR count). The second-order valence-electron chi connectivity index (χ2n) is 2.64. The summed E-state index contributed by atoms with van der Waals surface area (Å²) in [6, 6.07) is 5.46. The van der Waals surface area contributed by atoms with Gasteiger partial charge in [0.05, 0.1) is 5.71 Å². The predicted octanol–water partition coefficient (Wildman–Crippen LogP) is 2.85. The van der Waals surface area contributed by atoms with E-state index in [1.807, 2.05) is 19.1 Å². The molecule has 0 atom stereocenters. The molecule has 64 valence electrons. The smallest absolute Gasteiger partial charge is 0.0839 e. The SMILES string of the molecule is C/C(=N\O)c1ccc(Cl)cc1C. The van der Waals surface area contributed by atoms with Gasteiger partial charge in [-0.25, -0.2) is 0 Å². The van der Waals surface area contributed by atoms with Gasteiger partial charge in [0.2, 0.25) is 0 Å². The number of hydrogen-bond acceptors (Lipinski definition) is 2. The molecule has 0 heterocycles. The van der Waals surface area contributed by atoms with Crippen LogP contribution in [0.4, 0.5) is 0 Å². The van der Waals surface area contributed by atoms with Crippen molar-refractivity contribution in [3.63, 3.8) is 0 Å². The number of rotatable bonds is 1. The van der Waals surface area contributed by atoms with E-state index < -0.39 is 0 Å². The molecule has 1 aromatic rings. The van der Waals surface area contributed by atoms with E-state index in [1.54, 1.807) is 13.0 Å². The van der Waals surface area contributed by atoms with E-state index in [4.69, 9.17) is 16.8 Å². The molecule has 0 saturated heterocycles. The highest BCUT2D eigenvalue weighted by atomic mass is 35.5. The molecule has 0 amide bonds. The van der Waals surface area contributed by atoms with Crippen LogP contribution >= 0.6 is 11.6 Å². The van der Waals surface area contributed by atoms with Crippen molar-refractivity contribution in [2.45, 2.75) is 13.8 Å². The first-order valence-corrected chi connectivity index (χ1v) is 3.98. The van der Waals surface area contributed by atoms with Crippen LogP contribution in [0.5, 0.6) is 0 Å². The minimum Gasteiger partial charge on any atom is -0.411 e. The van der Waals surface area contributed by atoms with Gasteiger partial charge in [-0.1, -0.05) is 22.8 Å². The lowest BCUT2D eigenvalue weighted by Gasteiger charge is -2.03. The fraction of sp³-hybridized carbons (Fsp3) is 0.222. The van der Waals surface area contributed by atoms with Crippen molar-refractivity contribution in [1.82, 2.24) is 0 Å². The fourth-order valence-corrected chi connectivity index (χ4v) is 1.31. The average molecular weight is 184 g/mol. The molecule has 2 nitrogen and oxygen atoms in total. The van der Waals surface area contributed by atoms with E-state index in [-0.39, 0.29) is 0 Å². The molecule has 0 aliphatic carbocycles. The van der Waals surface area contributed by atoms with Gasteiger partial charge in [0.1, 0.15) is 0 Å². The topological polar surface area (TPSA) is 32.6 Å². The molecule has 0 bridgehead atoms. The van der Waals surface area contributed by atoms with Crippen LogP contribution in [0, 0.1) is 6.92 Å². The summed E-state index contributed by atoms with van der Waals surface area (Å²) in [6.45, 7) is 3.67. The number of benzene rings is 1. The first-order chi connectivity index (χ1) is 5.65. The maximum atomic E-state index is 8.54. The number of oxime groups is 1. The second-order valence-corrected chi connectivity index (χ2v) is 3.08. The largest absolute Gasteiger partial charge is 0.411 e. The Labute approximate surface area is 76.5 Å². The van der Waals surface area contributed by atoms with Crippen molar-refractivity contribution in [2.75, 3.05) is 0 Å². The van der Waals surface area contributed by atoms with Gasteiger partial charge in [0.15, 0.2) is 0 Å². The first-order valence-electron chi connectivity index (χ1n) is 3.60. The molecule has 0 aliphatic rings. The van der Waals surface area contributed by atoms with Gasteiger partial charge >= 0.3 is 0 Å². The van der Waals surface area contributed by atoms with Crippen LogP contribution in [-0.2, 0) is 0 Å². The van der Waals surface area contributed by atoms with Crippen molar-refractivity contribution in [3.05, 3.63) is 34.3 Å². The molecule has 0 aromatic heterocycles. The third-order valence-corrected chi connectivity index (χ3v) is 1.96. The maximum absolute atomic E-state index is 8.54. The third kappa shape index (κ3) is 1.77. The molecule has 0 fully saturated rings. The number of aryl methyl sites for hydroxylation is 1. The maximum Gasteiger partial charge on any atom is 0.0839 e. The molecule has 12 heavy (non-hydrogen) atoms. The molecular weight excluding hydrogens is 174 g/mol. The van der Waals surface area contributed by atoms with Crippen LogP contribution in [-0.4, -0.2) is 10.9 Å². The summed E-state index contributed by atoms with van der Waals surface area (Å²) in [4.78, 5) is 0. The quantitative estimate of drug-likeness (QED) is 0.405. The van der Waals surface area contributed by atoms with E-state index in [0.29, 0.717) is 10.7 Å². The number of hydrogen-bond donors (Lipinski definition) is 1. The van der Waals surface area contributed by atoms with Crippen LogP contribution in [0.25, 0.3) is 0 Å². The normalized spacial score (nSPS) is 11.8. The minimum atomic E-state index is 0.601. The van der Waals surface area contributed by atoms with Crippen molar-refractivity contribution < 1.29 is 5.21 Å². The third-order valence-electron chi connectivity index (χ3n) is 1.73. The summed E-state index contributed by atoms with van der Waals surface area (Å²) < 4.78 is 0. The highest BCUT2D eigenvalue weighted by Crippen LogP contribution is 2.15. The zero-order valence-corrected chi connectivity index (χ0v) is 7.76. The van der Waals surface area contributed by atoms with Crippen molar-refractivity contribution >= 4 is 17.3 Å². The standard InChI is InChI=1S/C9H10ClNO/c1-6-5-8(10)3-4-9(6)7(2)11-12/h3-5,12H,1-2H3/b11-7+. The summed E-state index contributed by atoms with van der Waals surface area (Å²) in [5.74, 6) is 0. The molecular formula is C9H10ClNO. The Morgan fingerprint density at radius 1 is 1.50 bits per heavy atom. The lowest BCUT2D eigenvalue weighted by molar-refractivity contribution is 0.319. The van der Waals surface area contributed by atoms with Crippen molar-refractivity contribution in [3.8, 4) is 0 Å². The summed E-state index contributed by atoms with van der Waals surface area (Å²) in [7, 11) is 0. The monoisotopic (exact) mass is 183 g/mol. The number of halogens is 1. The van der Waals surface area contributed by atoms with Gasteiger partial charge < -0.3 is 5.21 Å². The highest BCUT2D eigenvalue weighted by Gasteiger charge is 2.01. The molecule has 3 heteroatoms. The van der Waals surface area contributed by atoms with Crippen LogP contribution in [0.2, 0.25) is 5.02 Å². The van der Waals surface area contributed by atoms with Crippen LogP contribution in [0.15, 0.2) is 23.4 Å². The van der Waals surface area contributed by atoms with Crippen molar-refractivity contribution in [2.24, 2.45) is 5.16 Å². The lowest BCUT2D eigenvalue weighted by Crippen LogP contribution is -1.97. The van der Waals surface area contributed by atoms with E-state index in [1.165, 1.54) is 0 Å². The highest BCUT2D eigenvalue weighted by molar-refractivity contribution is 6.30. The van der Waals surface area contributed by atoms with Gasteiger partial charge in [-0.15, -0.1) is 0 Å². The van der Waals surface area contributed by atoms with E-state index in [2.05, 4.69) is 5.16 Å². The van der Waals surface area contributed by atoms with Gasteiger partial charge in [-0.3, -0.25) is 0 Å². The number of nitrogens with zero attached hydrogens (tertiary/aromatic N) is 1. The zero-order valence-electron chi connectivity index (χ0n) is 7.00. The zero-order chi connectivity index (χ0) is 9.14. The Bertz CT molecular complexity index is 320. The first kappa shape index (κ1) is 9.07. The molecule has 0 aliphatic heterocycles. The van der Waals surface area contributed by atoms with Crippen LogP contribution in [0.3, 0.4) is 0 Å². The Hall–Kier alpha value is -1.02. The minimum absolute atomic E-state index is 0.601. The van der Waals surface area contributed by atoms with Gasteiger partial charge in [0.25, 0.3) is 0 Å². The molecule has 0 spiro atoms. The second kappa shape index (κ2) is 3.59. The van der Waals surface area contributed by atoms with E-state index in [0.717, 1.165) is 11.1 Å². The van der Waals surface area contributed by atoms with E-state index in [9.17, 15) is 0 Å². The molecule has 0 unspecified atom stereocenters. The molecule has 1 aromatic carbocycles. The fourth-order valence-electron chi connectivity index (χ4n) is 1.09. The summed E-state index contributed by atoms with van der Waals surface area (Å²) >= 11 is 5.76. The molecule has 0 saturated carbocycles. The Morgan fingerprint density at radius 2 is 2.17 bits per heavy atom. The summed E-state index contributed by atoms with van der Waals surface area (Å²) in [5.41, 5.74) is 2.53. The van der Waals surface area contributed by atoms with Crippen molar-refractivity contribution in [1.29, 1.82) is 0 Å². The Kier molecular flexibility index (Phi) is 2.71. The predicted molar refractivity (Wildman–Crippen MR) is 50.2 cm³/mol. The van der Waals surface area contributed by atoms with Crippen LogP contribution in [0.1, 0.15) is 18.1 Å². The molecule has 1 N–H and O–H groups in total. The summed E-state index contributed by atoms with van der Waals surface area (Å²) in [5, 5.41) is 12.4. The van der Waals surface area contributed by atoms with E-state index >= 15 is 0 Å². The Morgan fingerprint density at radius 3 is 2.67 bits per heavy atom. The van der Waals surface area contributed by atoms with Gasteiger partial charge in [-0.2, -0.15) is 0 Å². The lowest BCUT2D eigenvalue weighted by atomic mass is 10.1. The van der Waals surface area contributed by atoms with Crippen LogP contribution < -0.4 is 0 Å².